The molecule has 0 aromatic heterocycles. The van der Waals surface area contributed by atoms with Crippen molar-refractivity contribution < 1.29 is 9.47 Å². The van der Waals surface area contributed by atoms with E-state index < -0.39 is 0 Å². The summed E-state index contributed by atoms with van der Waals surface area (Å²) in [6.07, 6.45) is 0. The van der Waals surface area contributed by atoms with Gasteiger partial charge in [0.25, 0.3) is 0 Å². The number of ether oxygens (including phenoxy) is 2. The molecule has 1 heterocycles. The summed E-state index contributed by atoms with van der Waals surface area (Å²) < 4.78 is 10.6. The van der Waals surface area contributed by atoms with E-state index in [1.165, 1.54) is 0 Å². The van der Waals surface area contributed by atoms with Gasteiger partial charge in [0.05, 0.1) is 10.7 Å². The van der Waals surface area contributed by atoms with Crippen LogP contribution in [0.2, 0.25) is 5.02 Å². The van der Waals surface area contributed by atoms with Crippen LogP contribution in [0.25, 0.3) is 10.4 Å². The lowest BCUT2D eigenvalue weighted by Gasteiger charge is -2.18. The van der Waals surface area contributed by atoms with Crippen LogP contribution in [0, 0.1) is 0 Å². The van der Waals surface area contributed by atoms with Gasteiger partial charge in [-0.2, -0.15) is 0 Å². The third kappa shape index (κ3) is 1.55. The molecule has 1 aromatic carbocycles. The molecular formula is C8H6ClN3O2. The maximum atomic E-state index is 8.28. The summed E-state index contributed by atoms with van der Waals surface area (Å²) in [5, 5.41) is 3.78. The Hall–Kier alpha value is -1.58. The molecule has 0 fully saturated rings. The number of halogens is 1. The number of nitrogens with zero attached hydrogens (tertiary/aromatic N) is 3. The van der Waals surface area contributed by atoms with Gasteiger partial charge in [-0.25, -0.2) is 0 Å². The van der Waals surface area contributed by atoms with Crippen molar-refractivity contribution in [3.8, 4) is 11.5 Å². The van der Waals surface area contributed by atoms with E-state index in [9.17, 15) is 0 Å². The summed E-state index contributed by atoms with van der Waals surface area (Å²) in [5.74, 6) is 1.14. The second kappa shape index (κ2) is 3.65. The lowest BCUT2D eigenvalue weighted by molar-refractivity contribution is 0.171. The molecule has 0 radical (unpaired) electrons. The average molecular weight is 212 g/mol. The summed E-state index contributed by atoms with van der Waals surface area (Å²) in [7, 11) is 0. The van der Waals surface area contributed by atoms with E-state index in [-0.39, 0.29) is 0 Å². The maximum absolute atomic E-state index is 8.28. The van der Waals surface area contributed by atoms with Crippen molar-refractivity contribution in [2.75, 3.05) is 13.2 Å². The zero-order valence-electron chi connectivity index (χ0n) is 7.11. The van der Waals surface area contributed by atoms with Crippen molar-refractivity contribution in [2.24, 2.45) is 5.11 Å². The van der Waals surface area contributed by atoms with Gasteiger partial charge in [0.15, 0.2) is 11.5 Å². The molecule has 14 heavy (non-hydrogen) atoms. The fourth-order valence-corrected chi connectivity index (χ4v) is 1.37. The Balaban J connectivity index is 2.50. The van der Waals surface area contributed by atoms with Gasteiger partial charge in [0.1, 0.15) is 13.2 Å². The van der Waals surface area contributed by atoms with Crippen LogP contribution in [0.15, 0.2) is 17.2 Å². The van der Waals surface area contributed by atoms with Gasteiger partial charge in [0.2, 0.25) is 0 Å². The fraction of sp³-hybridized carbons (Fsp3) is 0.250. The van der Waals surface area contributed by atoms with Crippen LogP contribution in [0.5, 0.6) is 11.5 Å². The van der Waals surface area contributed by atoms with Gasteiger partial charge in [-0.15, -0.1) is 0 Å². The van der Waals surface area contributed by atoms with Crippen LogP contribution in [0.1, 0.15) is 0 Å². The summed E-state index contributed by atoms with van der Waals surface area (Å²) in [5.41, 5.74) is 8.62. The number of rotatable bonds is 1. The average Bonchev–Trinajstić information content (AvgIpc) is 2.19. The molecule has 5 nitrogen and oxygen atoms in total. The van der Waals surface area contributed by atoms with E-state index in [2.05, 4.69) is 10.0 Å². The Morgan fingerprint density at radius 2 is 1.93 bits per heavy atom. The highest BCUT2D eigenvalue weighted by molar-refractivity contribution is 6.33. The standard InChI is InChI=1S/C8H6ClN3O2/c9-5-3-7-8(14-2-1-13-7)4-6(5)11-12-10/h3-4H,1-2H2. The molecule has 0 unspecified atom stereocenters. The van der Waals surface area contributed by atoms with Crippen molar-refractivity contribution >= 4 is 17.3 Å². The second-order valence-electron chi connectivity index (χ2n) is 2.64. The monoisotopic (exact) mass is 211 g/mol. The zero-order valence-corrected chi connectivity index (χ0v) is 7.86. The van der Waals surface area contributed by atoms with Gasteiger partial charge >= 0.3 is 0 Å². The number of benzene rings is 1. The van der Waals surface area contributed by atoms with Crippen molar-refractivity contribution in [3.63, 3.8) is 0 Å². The molecule has 1 aromatic rings. The van der Waals surface area contributed by atoms with Crippen LogP contribution in [0.3, 0.4) is 0 Å². The van der Waals surface area contributed by atoms with Gasteiger partial charge in [-0.05, 0) is 11.6 Å². The maximum Gasteiger partial charge on any atom is 0.162 e. The van der Waals surface area contributed by atoms with E-state index in [0.717, 1.165) is 0 Å². The first-order valence-electron chi connectivity index (χ1n) is 3.95. The summed E-state index contributed by atoms with van der Waals surface area (Å²) in [6, 6.07) is 3.15. The molecule has 0 atom stereocenters. The lowest BCUT2D eigenvalue weighted by atomic mass is 10.2. The van der Waals surface area contributed by atoms with Crippen LogP contribution in [0.4, 0.5) is 5.69 Å². The molecule has 1 aliphatic heterocycles. The number of fused-ring (bicyclic) bond motifs is 1. The van der Waals surface area contributed by atoms with Crippen molar-refractivity contribution in [2.45, 2.75) is 0 Å². The first-order valence-corrected chi connectivity index (χ1v) is 4.33. The minimum Gasteiger partial charge on any atom is -0.486 e. The summed E-state index contributed by atoms with van der Waals surface area (Å²) in [4.78, 5) is 2.66. The van der Waals surface area contributed by atoms with Crippen LogP contribution < -0.4 is 9.47 Å². The van der Waals surface area contributed by atoms with E-state index in [1.807, 2.05) is 0 Å². The predicted octanol–water partition coefficient (Wildman–Crippen LogP) is 3.05. The number of hydrogen-bond donors (Lipinski definition) is 0. The normalized spacial score (nSPS) is 13.2. The predicted molar refractivity (Wildman–Crippen MR) is 51.2 cm³/mol. The Kier molecular flexibility index (Phi) is 2.35. The topological polar surface area (TPSA) is 67.2 Å². The summed E-state index contributed by atoms with van der Waals surface area (Å²) in [6.45, 7) is 0.995. The van der Waals surface area contributed by atoms with Crippen molar-refractivity contribution in [3.05, 3.63) is 27.6 Å². The lowest BCUT2D eigenvalue weighted by Crippen LogP contribution is -2.15. The highest BCUT2D eigenvalue weighted by atomic mass is 35.5. The Labute approximate surface area is 84.8 Å². The molecule has 0 spiro atoms. The Morgan fingerprint density at radius 1 is 1.29 bits per heavy atom. The highest BCUT2D eigenvalue weighted by Crippen LogP contribution is 2.39. The zero-order chi connectivity index (χ0) is 9.97. The van der Waals surface area contributed by atoms with Gasteiger partial charge in [-0.1, -0.05) is 16.7 Å². The molecule has 0 amide bonds. The number of hydrogen-bond acceptors (Lipinski definition) is 3. The second-order valence-corrected chi connectivity index (χ2v) is 3.04. The molecule has 72 valence electrons. The highest BCUT2D eigenvalue weighted by Gasteiger charge is 2.13. The Morgan fingerprint density at radius 3 is 2.57 bits per heavy atom. The molecular weight excluding hydrogens is 206 g/mol. The quantitative estimate of drug-likeness (QED) is 0.407. The summed E-state index contributed by atoms with van der Waals surface area (Å²) >= 11 is 5.84. The molecule has 0 N–H and O–H groups in total. The third-order valence-corrected chi connectivity index (χ3v) is 2.07. The van der Waals surface area contributed by atoms with Crippen LogP contribution in [-0.4, -0.2) is 13.2 Å². The largest absolute Gasteiger partial charge is 0.486 e. The number of azide groups is 1. The van der Waals surface area contributed by atoms with E-state index >= 15 is 0 Å². The first kappa shape index (κ1) is 8.99. The fourth-order valence-electron chi connectivity index (χ4n) is 1.18. The SMILES string of the molecule is [N-]=[N+]=Nc1cc2c(cc1Cl)OCCO2. The molecule has 0 bridgehead atoms. The first-order chi connectivity index (χ1) is 6.81. The van der Waals surface area contributed by atoms with Crippen molar-refractivity contribution in [1.29, 1.82) is 0 Å². The van der Waals surface area contributed by atoms with Gasteiger partial charge < -0.3 is 9.47 Å². The molecule has 2 rings (SSSR count). The third-order valence-electron chi connectivity index (χ3n) is 1.76. The Bertz CT molecular complexity index is 415. The molecule has 1 aliphatic rings. The van der Waals surface area contributed by atoms with Gasteiger partial charge in [0, 0.05) is 11.0 Å². The minimum absolute atomic E-state index is 0.346. The van der Waals surface area contributed by atoms with E-state index in [4.69, 9.17) is 26.6 Å². The van der Waals surface area contributed by atoms with Crippen LogP contribution in [-0.2, 0) is 0 Å². The molecule has 6 heteroatoms. The smallest absolute Gasteiger partial charge is 0.162 e. The molecule has 0 saturated heterocycles. The van der Waals surface area contributed by atoms with Crippen molar-refractivity contribution in [1.82, 2.24) is 0 Å². The molecule has 0 saturated carbocycles. The van der Waals surface area contributed by atoms with E-state index in [1.54, 1.807) is 12.1 Å². The van der Waals surface area contributed by atoms with E-state index in [0.29, 0.717) is 35.4 Å². The minimum atomic E-state index is 0.346. The molecule has 0 aliphatic carbocycles. The van der Waals surface area contributed by atoms with Gasteiger partial charge in [-0.3, -0.25) is 0 Å². The van der Waals surface area contributed by atoms with Crippen LogP contribution >= 0.6 is 11.6 Å².